The van der Waals surface area contributed by atoms with E-state index >= 15 is 0 Å². The summed E-state index contributed by atoms with van der Waals surface area (Å²) in [5, 5.41) is 0.626. The van der Waals surface area contributed by atoms with E-state index in [1.54, 1.807) is 0 Å². The summed E-state index contributed by atoms with van der Waals surface area (Å²) in [6.45, 7) is 2.04. The lowest BCUT2D eigenvalue weighted by molar-refractivity contribution is 1.14. The van der Waals surface area contributed by atoms with Crippen LogP contribution >= 0.6 is 11.3 Å². The summed E-state index contributed by atoms with van der Waals surface area (Å²) in [5.41, 5.74) is 7.94. The molecule has 0 bridgehead atoms. The monoisotopic (exact) mass is 205 g/mol. The minimum absolute atomic E-state index is 0.626. The van der Waals surface area contributed by atoms with E-state index in [1.165, 1.54) is 27.3 Å². The Morgan fingerprint density at radius 2 is 2.21 bits per heavy atom. The summed E-state index contributed by atoms with van der Waals surface area (Å²) in [6.07, 6.45) is 6.42. The molecule has 2 aromatic rings. The smallest absolute Gasteiger partial charge is 0.180 e. The zero-order valence-electron chi connectivity index (χ0n) is 7.90. The molecule has 72 valence electrons. The van der Waals surface area contributed by atoms with Crippen LogP contribution in [0.2, 0.25) is 0 Å². The van der Waals surface area contributed by atoms with Crippen LogP contribution in [0.5, 0.6) is 0 Å². The van der Waals surface area contributed by atoms with Gasteiger partial charge in [0.05, 0.1) is 0 Å². The Kier molecular flexibility index (Phi) is 2.45. The van der Waals surface area contributed by atoms with Crippen LogP contribution in [0.25, 0.3) is 0 Å². The number of nitrogen functional groups attached to an aromatic ring is 1. The highest BCUT2D eigenvalue weighted by molar-refractivity contribution is 7.15. The molecular weight excluding hydrogens is 194 g/mol. The molecular formula is C10H11N3S. The van der Waals surface area contributed by atoms with Gasteiger partial charge in [0.15, 0.2) is 5.13 Å². The Hall–Kier alpha value is -1.42. The molecule has 0 fully saturated rings. The van der Waals surface area contributed by atoms with Crippen LogP contribution in [0.15, 0.2) is 24.7 Å². The van der Waals surface area contributed by atoms with Gasteiger partial charge in [-0.1, -0.05) is 6.07 Å². The Morgan fingerprint density at radius 3 is 2.86 bits per heavy atom. The highest BCUT2D eigenvalue weighted by Gasteiger charge is 2.00. The summed E-state index contributed by atoms with van der Waals surface area (Å²) in [7, 11) is 0. The van der Waals surface area contributed by atoms with Crippen LogP contribution in [-0.4, -0.2) is 9.97 Å². The first-order chi connectivity index (χ1) is 6.74. The second-order valence-corrected chi connectivity index (χ2v) is 4.36. The van der Waals surface area contributed by atoms with Gasteiger partial charge in [0.25, 0.3) is 0 Å². The van der Waals surface area contributed by atoms with Crippen molar-refractivity contribution in [2.24, 2.45) is 0 Å². The molecule has 3 nitrogen and oxygen atoms in total. The number of hydrogen-bond donors (Lipinski definition) is 1. The molecule has 0 aromatic carbocycles. The molecule has 2 heterocycles. The molecule has 14 heavy (non-hydrogen) atoms. The maximum absolute atomic E-state index is 5.55. The first-order valence-electron chi connectivity index (χ1n) is 4.35. The van der Waals surface area contributed by atoms with Gasteiger partial charge in [0, 0.05) is 29.9 Å². The van der Waals surface area contributed by atoms with Crippen molar-refractivity contribution in [1.29, 1.82) is 0 Å². The lowest BCUT2D eigenvalue weighted by Gasteiger charge is -1.98. The van der Waals surface area contributed by atoms with Gasteiger partial charge in [0.2, 0.25) is 0 Å². The van der Waals surface area contributed by atoms with E-state index in [1.807, 2.05) is 25.5 Å². The number of aryl methyl sites for hydroxylation is 1. The van der Waals surface area contributed by atoms with E-state index < -0.39 is 0 Å². The number of pyridine rings is 1. The average Bonchev–Trinajstić information content (AvgIpc) is 2.51. The zero-order chi connectivity index (χ0) is 9.97. The van der Waals surface area contributed by atoms with E-state index in [0.29, 0.717) is 5.13 Å². The molecule has 0 saturated heterocycles. The molecule has 0 aliphatic rings. The highest BCUT2D eigenvalue weighted by atomic mass is 32.1. The average molecular weight is 205 g/mol. The normalized spacial score (nSPS) is 10.4. The molecule has 0 aliphatic carbocycles. The minimum atomic E-state index is 0.626. The van der Waals surface area contributed by atoms with Crippen molar-refractivity contribution in [3.05, 3.63) is 40.7 Å². The van der Waals surface area contributed by atoms with E-state index in [-0.39, 0.29) is 0 Å². The number of aromatic nitrogens is 2. The van der Waals surface area contributed by atoms with Crippen molar-refractivity contribution < 1.29 is 0 Å². The predicted octanol–water partition coefficient (Wildman–Crippen LogP) is 2.02. The summed E-state index contributed by atoms with van der Waals surface area (Å²) >= 11 is 1.53. The molecule has 0 radical (unpaired) electrons. The van der Waals surface area contributed by atoms with Gasteiger partial charge in [-0.15, -0.1) is 11.3 Å². The third kappa shape index (κ3) is 2.09. The van der Waals surface area contributed by atoms with E-state index in [0.717, 1.165) is 6.42 Å². The second-order valence-electron chi connectivity index (χ2n) is 3.21. The van der Waals surface area contributed by atoms with E-state index in [9.17, 15) is 0 Å². The van der Waals surface area contributed by atoms with Crippen LogP contribution in [0.1, 0.15) is 16.0 Å². The van der Waals surface area contributed by atoms with Gasteiger partial charge in [0.1, 0.15) is 0 Å². The Labute approximate surface area is 86.6 Å². The van der Waals surface area contributed by atoms with E-state index in [2.05, 4.69) is 16.0 Å². The van der Waals surface area contributed by atoms with Crippen molar-refractivity contribution in [2.75, 3.05) is 5.73 Å². The fraction of sp³-hybridized carbons (Fsp3) is 0.200. The highest BCUT2D eigenvalue weighted by Crippen LogP contribution is 2.18. The largest absolute Gasteiger partial charge is 0.375 e. The van der Waals surface area contributed by atoms with Gasteiger partial charge in [-0.3, -0.25) is 4.98 Å². The van der Waals surface area contributed by atoms with Gasteiger partial charge in [-0.25, -0.2) is 4.98 Å². The van der Waals surface area contributed by atoms with Crippen LogP contribution in [0.3, 0.4) is 0 Å². The molecule has 0 spiro atoms. The summed E-state index contributed by atoms with van der Waals surface area (Å²) < 4.78 is 0. The van der Waals surface area contributed by atoms with Gasteiger partial charge in [-0.2, -0.15) is 0 Å². The second kappa shape index (κ2) is 3.75. The lowest BCUT2D eigenvalue weighted by Crippen LogP contribution is -1.87. The van der Waals surface area contributed by atoms with Crippen molar-refractivity contribution in [3.63, 3.8) is 0 Å². The van der Waals surface area contributed by atoms with Crippen molar-refractivity contribution in [2.45, 2.75) is 13.3 Å². The van der Waals surface area contributed by atoms with Crippen LogP contribution < -0.4 is 5.73 Å². The third-order valence-electron chi connectivity index (χ3n) is 1.88. The molecule has 2 aromatic heterocycles. The topological polar surface area (TPSA) is 51.8 Å². The predicted molar refractivity (Wildman–Crippen MR) is 58.3 cm³/mol. The number of nitrogens with two attached hydrogens (primary N) is 1. The number of anilines is 1. The molecule has 4 heteroatoms. The van der Waals surface area contributed by atoms with Crippen molar-refractivity contribution in [1.82, 2.24) is 9.97 Å². The van der Waals surface area contributed by atoms with Crippen molar-refractivity contribution in [3.8, 4) is 0 Å². The van der Waals surface area contributed by atoms with Gasteiger partial charge >= 0.3 is 0 Å². The number of rotatable bonds is 2. The molecule has 0 aliphatic heterocycles. The number of thiazole rings is 1. The Morgan fingerprint density at radius 1 is 1.36 bits per heavy atom. The van der Waals surface area contributed by atoms with E-state index in [4.69, 9.17) is 5.73 Å². The standard InChI is InChI=1S/C10H11N3S/c1-7-2-8(5-12-4-7)3-9-6-13-10(11)14-9/h2,4-6H,3H2,1H3,(H2,11,13). The third-order valence-corrected chi connectivity index (χ3v) is 2.71. The number of hydrogen-bond acceptors (Lipinski definition) is 4. The first kappa shape index (κ1) is 9.15. The molecule has 0 unspecified atom stereocenters. The first-order valence-corrected chi connectivity index (χ1v) is 5.16. The van der Waals surface area contributed by atoms with Crippen LogP contribution in [-0.2, 0) is 6.42 Å². The molecule has 0 saturated carbocycles. The summed E-state index contributed by atoms with van der Waals surface area (Å²) in [4.78, 5) is 9.33. The summed E-state index contributed by atoms with van der Waals surface area (Å²) in [5.74, 6) is 0. The Bertz CT molecular complexity index is 436. The Balaban J connectivity index is 2.18. The molecule has 2 rings (SSSR count). The lowest BCUT2D eigenvalue weighted by atomic mass is 10.1. The minimum Gasteiger partial charge on any atom is -0.375 e. The zero-order valence-corrected chi connectivity index (χ0v) is 8.71. The molecule has 0 amide bonds. The maximum atomic E-state index is 5.55. The van der Waals surface area contributed by atoms with Gasteiger partial charge in [-0.05, 0) is 18.1 Å². The van der Waals surface area contributed by atoms with Crippen LogP contribution in [0.4, 0.5) is 5.13 Å². The molecule has 0 atom stereocenters. The van der Waals surface area contributed by atoms with Crippen LogP contribution in [0, 0.1) is 6.92 Å². The fourth-order valence-electron chi connectivity index (χ4n) is 1.32. The fourth-order valence-corrected chi connectivity index (χ4v) is 2.04. The summed E-state index contributed by atoms with van der Waals surface area (Å²) in [6, 6.07) is 2.13. The number of nitrogens with zero attached hydrogens (tertiary/aromatic N) is 2. The maximum Gasteiger partial charge on any atom is 0.180 e. The quantitative estimate of drug-likeness (QED) is 0.816. The molecule has 2 N–H and O–H groups in total. The van der Waals surface area contributed by atoms with Crippen molar-refractivity contribution >= 4 is 16.5 Å². The van der Waals surface area contributed by atoms with Gasteiger partial charge < -0.3 is 5.73 Å². The SMILES string of the molecule is Cc1cncc(Cc2cnc(N)s2)c1.